The molecule has 0 radical (unpaired) electrons. The number of hydrogen-bond donors (Lipinski definition) is 1. The molecule has 0 aliphatic carbocycles. The number of halogens is 2. The van der Waals surface area contributed by atoms with Crippen molar-refractivity contribution in [3.63, 3.8) is 0 Å². The van der Waals surface area contributed by atoms with Crippen molar-refractivity contribution in [2.75, 3.05) is 7.05 Å². The molecule has 2 aromatic carbocycles. The summed E-state index contributed by atoms with van der Waals surface area (Å²) in [7, 11) is 1.98. The molecular formula is C17H19Cl2N. The summed E-state index contributed by atoms with van der Waals surface area (Å²) in [5.41, 5.74) is 3.85. The maximum atomic E-state index is 6.09. The van der Waals surface area contributed by atoms with Crippen LogP contribution in [0.5, 0.6) is 0 Å². The summed E-state index contributed by atoms with van der Waals surface area (Å²) < 4.78 is 0. The van der Waals surface area contributed by atoms with Gasteiger partial charge in [0.15, 0.2) is 0 Å². The summed E-state index contributed by atoms with van der Waals surface area (Å²) in [6, 6.07) is 14.8. The van der Waals surface area contributed by atoms with Gasteiger partial charge in [-0.05, 0) is 50.1 Å². The highest BCUT2D eigenvalue weighted by Gasteiger charge is 2.11. The Hall–Kier alpha value is -1.02. The van der Waals surface area contributed by atoms with Gasteiger partial charge in [0.05, 0.1) is 10.0 Å². The van der Waals surface area contributed by atoms with Gasteiger partial charge in [0, 0.05) is 6.04 Å². The third kappa shape index (κ3) is 3.99. The molecule has 0 amide bonds. The molecule has 1 nitrogen and oxygen atoms in total. The first-order valence-corrected chi connectivity index (χ1v) is 7.53. The van der Waals surface area contributed by atoms with Gasteiger partial charge in [-0.2, -0.15) is 0 Å². The average Bonchev–Trinajstić information content (AvgIpc) is 2.43. The molecule has 1 atom stereocenters. The summed E-state index contributed by atoms with van der Waals surface area (Å²) in [6.45, 7) is 2.12. The van der Waals surface area contributed by atoms with E-state index in [1.807, 2.05) is 25.2 Å². The lowest BCUT2D eigenvalue weighted by atomic mass is 9.98. The van der Waals surface area contributed by atoms with Crippen LogP contribution in [0.2, 0.25) is 10.0 Å². The first-order chi connectivity index (χ1) is 9.60. The summed E-state index contributed by atoms with van der Waals surface area (Å²) in [4.78, 5) is 0. The van der Waals surface area contributed by atoms with E-state index in [9.17, 15) is 0 Å². The lowest BCUT2D eigenvalue weighted by Gasteiger charge is -2.17. The molecule has 1 N–H and O–H groups in total. The number of hydrogen-bond acceptors (Lipinski definition) is 1. The molecule has 0 saturated carbocycles. The standard InChI is InChI=1S/C17H19Cl2N/c1-12-4-3-5-13(10-12)6-9-17(20-2)14-7-8-15(18)16(19)11-14/h3-5,7-8,10-11,17,20H,6,9H2,1-2H3. The van der Waals surface area contributed by atoms with Crippen LogP contribution in [0.3, 0.4) is 0 Å². The third-order valence-electron chi connectivity index (χ3n) is 3.50. The molecule has 1 unspecified atom stereocenters. The Bertz CT molecular complexity index is 581. The summed E-state index contributed by atoms with van der Waals surface area (Å²) in [5.74, 6) is 0. The van der Waals surface area contributed by atoms with Gasteiger partial charge in [-0.15, -0.1) is 0 Å². The van der Waals surface area contributed by atoms with Crippen LogP contribution >= 0.6 is 23.2 Å². The highest BCUT2D eigenvalue weighted by molar-refractivity contribution is 6.42. The van der Waals surface area contributed by atoms with Crippen LogP contribution < -0.4 is 5.32 Å². The number of nitrogens with one attached hydrogen (secondary N) is 1. The molecule has 20 heavy (non-hydrogen) atoms. The van der Waals surface area contributed by atoms with Crippen LogP contribution in [-0.4, -0.2) is 7.05 Å². The topological polar surface area (TPSA) is 12.0 Å². The van der Waals surface area contributed by atoms with E-state index in [2.05, 4.69) is 36.5 Å². The van der Waals surface area contributed by atoms with Gasteiger partial charge in [0.25, 0.3) is 0 Å². The molecule has 0 aromatic heterocycles. The van der Waals surface area contributed by atoms with Gasteiger partial charge < -0.3 is 5.32 Å². The molecule has 0 saturated heterocycles. The molecule has 0 fully saturated rings. The van der Waals surface area contributed by atoms with Gasteiger partial charge in [0.1, 0.15) is 0 Å². The predicted octanol–water partition coefficient (Wildman–Crippen LogP) is 5.20. The Morgan fingerprint density at radius 1 is 1.05 bits per heavy atom. The summed E-state index contributed by atoms with van der Waals surface area (Å²) in [5, 5.41) is 4.56. The molecule has 0 aliphatic rings. The average molecular weight is 308 g/mol. The zero-order chi connectivity index (χ0) is 14.5. The van der Waals surface area contributed by atoms with E-state index >= 15 is 0 Å². The third-order valence-corrected chi connectivity index (χ3v) is 4.24. The van der Waals surface area contributed by atoms with Crippen molar-refractivity contribution in [2.45, 2.75) is 25.8 Å². The van der Waals surface area contributed by atoms with Crippen LogP contribution in [0, 0.1) is 6.92 Å². The fourth-order valence-electron chi connectivity index (χ4n) is 2.39. The molecule has 2 rings (SSSR count). The van der Waals surface area contributed by atoms with Crippen LogP contribution in [0.25, 0.3) is 0 Å². The summed E-state index contributed by atoms with van der Waals surface area (Å²) in [6.07, 6.45) is 2.06. The SMILES string of the molecule is CNC(CCc1cccc(C)c1)c1ccc(Cl)c(Cl)c1. The summed E-state index contributed by atoms with van der Waals surface area (Å²) >= 11 is 12.1. The minimum atomic E-state index is 0.283. The molecule has 3 heteroatoms. The number of benzene rings is 2. The molecule has 106 valence electrons. The largest absolute Gasteiger partial charge is 0.313 e. The van der Waals surface area contributed by atoms with E-state index in [0.717, 1.165) is 12.8 Å². The maximum absolute atomic E-state index is 6.09. The smallest absolute Gasteiger partial charge is 0.0595 e. The molecular weight excluding hydrogens is 289 g/mol. The first kappa shape index (κ1) is 15.4. The highest BCUT2D eigenvalue weighted by Crippen LogP contribution is 2.27. The van der Waals surface area contributed by atoms with Crippen molar-refractivity contribution >= 4 is 23.2 Å². The van der Waals surface area contributed by atoms with Crippen LogP contribution in [0.4, 0.5) is 0 Å². The van der Waals surface area contributed by atoms with Crippen molar-refractivity contribution in [3.8, 4) is 0 Å². The second-order valence-corrected chi connectivity index (χ2v) is 5.86. The first-order valence-electron chi connectivity index (χ1n) is 6.78. The monoisotopic (exact) mass is 307 g/mol. The van der Waals surface area contributed by atoms with Crippen LogP contribution in [0.15, 0.2) is 42.5 Å². The second-order valence-electron chi connectivity index (χ2n) is 5.04. The lowest BCUT2D eigenvalue weighted by Crippen LogP contribution is -2.17. The molecule has 0 aliphatic heterocycles. The van der Waals surface area contributed by atoms with Gasteiger partial charge in [0.2, 0.25) is 0 Å². The minimum Gasteiger partial charge on any atom is -0.313 e. The van der Waals surface area contributed by atoms with E-state index in [0.29, 0.717) is 10.0 Å². The van der Waals surface area contributed by atoms with E-state index in [4.69, 9.17) is 23.2 Å². The van der Waals surface area contributed by atoms with Gasteiger partial charge >= 0.3 is 0 Å². The van der Waals surface area contributed by atoms with E-state index in [1.165, 1.54) is 16.7 Å². The van der Waals surface area contributed by atoms with E-state index < -0.39 is 0 Å². The van der Waals surface area contributed by atoms with Gasteiger partial charge in [-0.25, -0.2) is 0 Å². The molecule has 0 spiro atoms. The van der Waals surface area contributed by atoms with E-state index in [-0.39, 0.29) is 6.04 Å². The van der Waals surface area contributed by atoms with Gasteiger partial charge in [-0.3, -0.25) is 0 Å². The zero-order valence-electron chi connectivity index (χ0n) is 11.8. The van der Waals surface area contributed by atoms with Crippen LogP contribution in [0.1, 0.15) is 29.2 Å². The Morgan fingerprint density at radius 2 is 1.85 bits per heavy atom. The Morgan fingerprint density at radius 3 is 2.50 bits per heavy atom. The zero-order valence-corrected chi connectivity index (χ0v) is 13.3. The van der Waals surface area contributed by atoms with Gasteiger partial charge in [-0.1, -0.05) is 59.1 Å². The quantitative estimate of drug-likeness (QED) is 0.801. The minimum absolute atomic E-state index is 0.283. The highest BCUT2D eigenvalue weighted by atomic mass is 35.5. The number of rotatable bonds is 5. The van der Waals surface area contributed by atoms with Crippen molar-refractivity contribution in [1.82, 2.24) is 5.32 Å². The van der Waals surface area contributed by atoms with Crippen LogP contribution in [-0.2, 0) is 6.42 Å². The van der Waals surface area contributed by atoms with E-state index in [1.54, 1.807) is 0 Å². The van der Waals surface area contributed by atoms with Crippen molar-refractivity contribution in [1.29, 1.82) is 0 Å². The van der Waals surface area contributed by atoms with Crippen molar-refractivity contribution in [2.24, 2.45) is 0 Å². The Labute approximate surface area is 130 Å². The normalized spacial score (nSPS) is 12.4. The predicted molar refractivity (Wildman–Crippen MR) is 87.8 cm³/mol. The van der Waals surface area contributed by atoms with Crippen molar-refractivity contribution in [3.05, 3.63) is 69.2 Å². The van der Waals surface area contributed by atoms with Crippen molar-refractivity contribution < 1.29 is 0 Å². The molecule has 2 aromatic rings. The molecule has 0 bridgehead atoms. The Kier molecular flexibility index (Phi) is 5.47. The fourth-order valence-corrected chi connectivity index (χ4v) is 2.69. The second kappa shape index (κ2) is 7.12. The lowest BCUT2D eigenvalue weighted by molar-refractivity contribution is 0.549. The number of aryl methyl sites for hydroxylation is 2. The molecule has 0 heterocycles. The maximum Gasteiger partial charge on any atom is 0.0595 e. The fraction of sp³-hybridized carbons (Fsp3) is 0.294. The Balaban J connectivity index is 2.07.